The summed E-state index contributed by atoms with van der Waals surface area (Å²) >= 11 is 0. The normalized spacial score (nSPS) is 12.5. The molecule has 0 saturated carbocycles. The van der Waals surface area contributed by atoms with Crippen LogP contribution in [0.4, 0.5) is 0 Å². The van der Waals surface area contributed by atoms with E-state index in [1.54, 1.807) is 18.2 Å². The topological polar surface area (TPSA) is 71.1 Å². The molecule has 0 atom stereocenters. The van der Waals surface area contributed by atoms with E-state index in [1.807, 2.05) is 20.8 Å². The fourth-order valence-electron chi connectivity index (χ4n) is 2.11. The highest BCUT2D eigenvalue weighted by molar-refractivity contribution is 7.86. The largest absolute Gasteiger partial charge is 0.328 e. The standard InChI is InChI=1S/C16H26O6S/c1-4-19-16(20-5-2,21-6-3)13-10-14-22-23(17,18)15-11-8-7-9-12-15/h7-9,11-12H,4-6,10,13-14H2,1-3H3. The van der Waals surface area contributed by atoms with Crippen LogP contribution in [0.15, 0.2) is 35.2 Å². The first-order valence-corrected chi connectivity index (χ1v) is 9.27. The summed E-state index contributed by atoms with van der Waals surface area (Å²) in [7, 11) is -3.74. The molecule has 23 heavy (non-hydrogen) atoms. The fourth-order valence-corrected chi connectivity index (χ4v) is 3.08. The second kappa shape index (κ2) is 10.00. The Morgan fingerprint density at radius 3 is 1.91 bits per heavy atom. The van der Waals surface area contributed by atoms with Gasteiger partial charge in [-0.2, -0.15) is 8.42 Å². The molecule has 0 amide bonds. The number of ether oxygens (including phenoxy) is 3. The highest BCUT2D eigenvalue weighted by Gasteiger charge is 2.32. The SMILES string of the molecule is CCOC(CCCOS(=O)(=O)c1ccccc1)(OCC)OCC. The van der Waals surface area contributed by atoms with Crippen LogP contribution in [0, 0.1) is 0 Å². The van der Waals surface area contributed by atoms with E-state index in [-0.39, 0.29) is 11.5 Å². The minimum Gasteiger partial charge on any atom is -0.328 e. The van der Waals surface area contributed by atoms with E-state index < -0.39 is 16.1 Å². The van der Waals surface area contributed by atoms with Crippen molar-refractivity contribution in [1.29, 1.82) is 0 Å². The molecule has 0 bridgehead atoms. The Balaban J connectivity index is 2.56. The third kappa shape index (κ3) is 6.56. The second-order valence-corrected chi connectivity index (χ2v) is 6.29. The molecule has 0 fully saturated rings. The van der Waals surface area contributed by atoms with Crippen molar-refractivity contribution < 1.29 is 26.8 Å². The van der Waals surface area contributed by atoms with Crippen molar-refractivity contribution in [2.75, 3.05) is 26.4 Å². The van der Waals surface area contributed by atoms with E-state index in [2.05, 4.69) is 0 Å². The predicted molar refractivity (Wildman–Crippen MR) is 86.4 cm³/mol. The average Bonchev–Trinajstić information content (AvgIpc) is 2.53. The molecule has 0 radical (unpaired) electrons. The average molecular weight is 346 g/mol. The van der Waals surface area contributed by atoms with Crippen molar-refractivity contribution in [2.24, 2.45) is 0 Å². The molecule has 6 nitrogen and oxygen atoms in total. The van der Waals surface area contributed by atoms with Crippen LogP contribution in [0.1, 0.15) is 33.6 Å². The molecule has 0 N–H and O–H groups in total. The minimum atomic E-state index is -3.74. The Morgan fingerprint density at radius 1 is 0.913 bits per heavy atom. The molecule has 1 rings (SSSR count). The van der Waals surface area contributed by atoms with E-state index in [9.17, 15) is 8.42 Å². The predicted octanol–water partition coefficient (Wildman–Crippen LogP) is 2.94. The van der Waals surface area contributed by atoms with Crippen LogP contribution in [0.2, 0.25) is 0 Å². The molecule has 0 saturated heterocycles. The smallest absolute Gasteiger partial charge is 0.296 e. The molecular weight excluding hydrogens is 320 g/mol. The number of hydrogen-bond acceptors (Lipinski definition) is 6. The van der Waals surface area contributed by atoms with E-state index in [0.717, 1.165) is 0 Å². The van der Waals surface area contributed by atoms with E-state index in [0.29, 0.717) is 32.7 Å². The minimum absolute atomic E-state index is 0.0339. The van der Waals surface area contributed by atoms with Gasteiger partial charge in [-0.3, -0.25) is 4.18 Å². The summed E-state index contributed by atoms with van der Waals surface area (Å²) < 4.78 is 45.8. The molecule has 1 aromatic carbocycles. The summed E-state index contributed by atoms with van der Waals surface area (Å²) in [6.45, 7) is 6.89. The monoisotopic (exact) mass is 346 g/mol. The van der Waals surface area contributed by atoms with Gasteiger partial charge in [0.05, 0.1) is 11.5 Å². The summed E-state index contributed by atoms with van der Waals surface area (Å²) in [4.78, 5) is 0.144. The third-order valence-corrected chi connectivity index (χ3v) is 4.32. The first kappa shape index (κ1) is 20.1. The molecule has 0 unspecified atom stereocenters. The molecule has 0 aliphatic rings. The summed E-state index contributed by atoms with van der Waals surface area (Å²) in [5.74, 6) is -1.14. The quantitative estimate of drug-likeness (QED) is 0.329. The Hall–Kier alpha value is -0.990. The Labute approximate surface area is 138 Å². The van der Waals surface area contributed by atoms with Gasteiger partial charge in [0.25, 0.3) is 16.1 Å². The lowest BCUT2D eigenvalue weighted by molar-refractivity contribution is -0.380. The van der Waals surface area contributed by atoms with Crippen LogP contribution in [-0.2, 0) is 28.5 Å². The lowest BCUT2D eigenvalue weighted by Crippen LogP contribution is -2.39. The van der Waals surface area contributed by atoms with Crippen molar-refractivity contribution in [2.45, 2.75) is 44.5 Å². The number of benzene rings is 1. The molecule has 132 valence electrons. The molecule has 0 aliphatic carbocycles. The third-order valence-electron chi connectivity index (χ3n) is 2.99. The van der Waals surface area contributed by atoms with Crippen LogP contribution in [0.25, 0.3) is 0 Å². The van der Waals surface area contributed by atoms with Crippen LogP contribution >= 0.6 is 0 Å². The number of hydrogen-bond donors (Lipinski definition) is 0. The summed E-state index contributed by atoms with van der Waals surface area (Å²) in [5, 5.41) is 0. The van der Waals surface area contributed by atoms with Gasteiger partial charge in [0, 0.05) is 26.2 Å². The summed E-state index contributed by atoms with van der Waals surface area (Å²) in [5.41, 5.74) is 0. The van der Waals surface area contributed by atoms with Crippen LogP contribution in [0.3, 0.4) is 0 Å². The fraction of sp³-hybridized carbons (Fsp3) is 0.625. The molecule has 7 heteroatoms. The molecule has 0 aliphatic heterocycles. The zero-order chi connectivity index (χ0) is 17.2. The van der Waals surface area contributed by atoms with Gasteiger partial charge < -0.3 is 14.2 Å². The maximum absolute atomic E-state index is 12.0. The molecule has 0 aromatic heterocycles. The van der Waals surface area contributed by atoms with Gasteiger partial charge in [-0.1, -0.05) is 18.2 Å². The van der Waals surface area contributed by atoms with Gasteiger partial charge >= 0.3 is 0 Å². The van der Waals surface area contributed by atoms with Crippen molar-refractivity contribution >= 4 is 10.1 Å². The highest BCUT2D eigenvalue weighted by Crippen LogP contribution is 2.23. The second-order valence-electron chi connectivity index (χ2n) is 4.67. The van der Waals surface area contributed by atoms with Gasteiger partial charge in [0.1, 0.15) is 0 Å². The molecule has 0 heterocycles. The molecule has 0 spiro atoms. The first-order chi connectivity index (χ1) is 11.0. The lowest BCUT2D eigenvalue weighted by atomic mass is 10.3. The molecule has 1 aromatic rings. The Morgan fingerprint density at radius 2 is 1.43 bits per heavy atom. The van der Waals surface area contributed by atoms with Gasteiger partial charge in [0.15, 0.2) is 0 Å². The first-order valence-electron chi connectivity index (χ1n) is 7.86. The highest BCUT2D eigenvalue weighted by atomic mass is 32.2. The van der Waals surface area contributed by atoms with Crippen molar-refractivity contribution in [3.05, 3.63) is 30.3 Å². The van der Waals surface area contributed by atoms with E-state index in [1.165, 1.54) is 12.1 Å². The van der Waals surface area contributed by atoms with Crippen LogP contribution in [0.5, 0.6) is 0 Å². The van der Waals surface area contributed by atoms with Crippen LogP contribution in [-0.4, -0.2) is 40.8 Å². The zero-order valence-electron chi connectivity index (χ0n) is 14.0. The maximum atomic E-state index is 12.0. The van der Waals surface area contributed by atoms with E-state index in [4.69, 9.17) is 18.4 Å². The van der Waals surface area contributed by atoms with E-state index >= 15 is 0 Å². The van der Waals surface area contributed by atoms with Crippen molar-refractivity contribution in [3.63, 3.8) is 0 Å². The summed E-state index contributed by atoms with van der Waals surface area (Å²) in [6.07, 6.45) is 0.804. The van der Waals surface area contributed by atoms with Gasteiger partial charge in [-0.25, -0.2) is 0 Å². The zero-order valence-corrected chi connectivity index (χ0v) is 14.8. The van der Waals surface area contributed by atoms with Gasteiger partial charge in [-0.15, -0.1) is 0 Å². The Bertz CT molecular complexity index is 512. The van der Waals surface area contributed by atoms with Crippen molar-refractivity contribution in [3.8, 4) is 0 Å². The maximum Gasteiger partial charge on any atom is 0.296 e. The van der Waals surface area contributed by atoms with Crippen LogP contribution < -0.4 is 0 Å². The van der Waals surface area contributed by atoms with Gasteiger partial charge in [0.2, 0.25) is 0 Å². The molecular formula is C16H26O6S. The lowest BCUT2D eigenvalue weighted by Gasteiger charge is -2.32. The van der Waals surface area contributed by atoms with Crippen molar-refractivity contribution in [1.82, 2.24) is 0 Å². The summed E-state index contributed by atoms with van der Waals surface area (Å²) in [6, 6.07) is 8.06. The van der Waals surface area contributed by atoms with Gasteiger partial charge in [-0.05, 0) is 39.3 Å². The Kier molecular flexibility index (Phi) is 8.72. The number of rotatable bonds is 12.